The lowest BCUT2D eigenvalue weighted by atomic mass is 10.1. The molecule has 1 aliphatic carbocycles. The van der Waals surface area contributed by atoms with Gasteiger partial charge in [-0.2, -0.15) is 0 Å². The van der Waals surface area contributed by atoms with E-state index in [-0.39, 0.29) is 0 Å². The Morgan fingerprint density at radius 1 is 1.62 bits per heavy atom. The van der Waals surface area contributed by atoms with Crippen molar-refractivity contribution in [3.63, 3.8) is 0 Å². The molecule has 0 N–H and O–H groups in total. The monoisotopic (exact) mass is 108 g/mol. The number of hydrogen-bond donors (Lipinski definition) is 0. The minimum absolute atomic E-state index is 0.431. The second-order valence-corrected chi connectivity index (χ2v) is 2.32. The van der Waals surface area contributed by atoms with Crippen LogP contribution in [0.25, 0.3) is 0 Å². The first-order valence-corrected chi connectivity index (χ1v) is 2.88. The Hall–Kier alpha value is -0.560. The largest absolute Gasteiger partial charge is 0.360 e. The maximum Gasteiger partial charge on any atom is 0.109 e. The summed E-state index contributed by atoms with van der Waals surface area (Å²) in [5, 5.41) is 0. The molecule has 2 unspecified atom stereocenters. The lowest BCUT2D eigenvalue weighted by molar-refractivity contribution is 0.408. The lowest BCUT2D eigenvalue weighted by Crippen LogP contribution is -1.94. The summed E-state index contributed by atoms with van der Waals surface area (Å²) in [5.41, 5.74) is 1.36. The standard InChI is InChI=1S/C7H8O/c1-5-3-2-4-6-7(5)8-6/h2-4,6-7H,1H3. The normalized spacial score (nSPS) is 40.9. The fourth-order valence-corrected chi connectivity index (χ4v) is 1.05. The molecule has 2 atom stereocenters. The fraction of sp³-hybridized carbons (Fsp3) is 0.429. The van der Waals surface area contributed by atoms with E-state index in [9.17, 15) is 0 Å². The van der Waals surface area contributed by atoms with Crippen molar-refractivity contribution in [1.29, 1.82) is 0 Å². The molecule has 0 bridgehead atoms. The molecule has 2 aliphatic rings. The summed E-state index contributed by atoms with van der Waals surface area (Å²) in [4.78, 5) is 0. The fourth-order valence-electron chi connectivity index (χ4n) is 1.05. The molecule has 0 aromatic heterocycles. The Bertz CT molecular complexity index is 167. The number of rotatable bonds is 0. The minimum Gasteiger partial charge on any atom is -0.360 e. The smallest absolute Gasteiger partial charge is 0.109 e. The van der Waals surface area contributed by atoms with E-state index in [0.717, 1.165) is 0 Å². The first-order valence-electron chi connectivity index (χ1n) is 2.88. The molecule has 0 aromatic rings. The number of fused-ring (bicyclic) bond motifs is 1. The minimum atomic E-state index is 0.431. The van der Waals surface area contributed by atoms with Crippen molar-refractivity contribution in [2.75, 3.05) is 0 Å². The molecule has 1 fully saturated rings. The number of hydrogen-bond acceptors (Lipinski definition) is 1. The molecule has 1 saturated heterocycles. The zero-order chi connectivity index (χ0) is 5.56. The highest BCUT2D eigenvalue weighted by Crippen LogP contribution is 2.32. The SMILES string of the molecule is CC1=CC=CC2OC12. The van der Waals surface area contributed by atoms with Gasteiger partial charge in [0, 0.05) is 0 Å². The summed E-state index contributed by atoms with van der Waals surface area (Å²) in [6, 6.07) is 0. The molecule has 0 amide bonds. The molecule has 42 valence electrons. The summed E-state index contributed by atoms with van der Waals surface area (Å²) < 4.78 is 5.23. The molecular formula is C7H8O. The first kappa shape index (κ1) is 4.33. The summed E-state index contributed by atoms with van der Waals surface area (Å²) in [6.45, 7) is 2.11. The molecule has 0 spiro atoms. The molecular weight excluding hydrogens is 100 g/mol. The van der Waals surface area contributed by atoms with Gasteiger partial charge in [-0.15, -0.1) is 0 Å². The molecule has 0 aromatic carbocycles. The van der Waals surface area contributed by atoms with Crippen LogP contribution in [0.15, 0.2) is 23.8 Å². The number of epoxide rings is 1. The van der Waals surface area contributed by atoms with E-state index in [0.29, 0.717) is 12.2 Å². The van der Waals surface area contributed by atoms with Gasteiger partial charge >= 0.3 is 0 Å². The van der Waals surface area contributed by atoms with E-state index >= 15 is 0 Å². The van der Waals surface area contributed by atoms with Crippen LogP contribution in [-0.2, 0) is 4.74 Å². The van der Waals surface area contributed by atoms with Gasteiger partial charge in [-0.1, -0.05) is 18.2 Å². The Balaban J connectivity index is 2.30. The molecule has 0 saturated carbocycles. The zero-order valence-electron chi connectivity index (χ0n) is 4.79. The van der Waals surface area contributed by atoms with Gasteiger partial charge in [-0.05, 0) is 12.5 Å². The molecule has 0 radical (unpaired) electrons. The highest BCUT2D eigenvalue weighted by molar-refractivity contribution is 5.29. The first-order chi connectivity index (χ1) is 3.88. The van der Waals surface area contributed by atoms with Crippen LogP contribution in [0.4, 0.5) is 0 Å². The molecule has 1 aliphatic heterocycles. The van der Waals surface area contributed by atoms with Crippen molar-refractivity contribution < 1.29 is 4.74 Å². The Morgan fingerprint density at radius 2 is 2.50 bits per heavy atom. The Labute approximate surface area is 48.7 Å². The average Bonchev–Trinajstić information content (AvgIpc) is 2.45. The van der Waals surface area contributed by atoms with Crippen molar-refractivity contribution in [3.8, 4) is 0 Å². The predicted octanol–water partition coefficient (Wildman–Crippen LogP) is 1.27. The second-order valence-electron chi connectivity index (χ2n) is 2.32. The molecule has 1 nitrogen and oxygen atoms in total. The van der Waals surface area contributed by atoms with Crippen LogP contribution in [0.2, 0.25) is 0 Å². The van der Waals surface area contributed by atoms with Crippen LogP contribution in [0.1, 0.15) is 6.92 Å². The van der Waals surface area contributed by atoms with Gasteiger partial charge < -0.3 is 4.74 Å². The Kier molecular flexibility index (Phi) is 0.667. The third-order valence-electron chi connectivity index (χ3n) is 1.63. The van der Waals surface area contributed by atoms with Crippen LogP contribution in [-0.4, -0.2) is 12.2 Å². The van der Waals surface area contributed by atoms with E-state index in [1.54, 1.807) is 0 Å². The van der Waals surface area contributed by atoms with E-state index in [1.165, 1.54) is 5.57 Å². The zero-order valence-corrected chi connectivity index (χ0v) is 4.79. The van der Waals surface area contributed by atoms with Gasteiger partial charge in [0.05, 0.1) is 0 Å². The summed E-state index contributed by atoms with van der Waals surface area (Å²) in [7, 11) is 0. The van der Waals surface area contributed by atoms with E-state index in [1.807, 2.05) is 0 Å². The van der Waals surface area contributed by atoms with Crippen LogP contribution in [0.5, 0.6) is 0 Å². The summed E-state index contributed by atoms with van der Waals surface area (Å²) in [5.74, 6) is 0. The maximum atomic E-state index is 5.23. The van der Waals surface area contributed by atoms with Crippen molar-refractivity contribution >= 4 is 0 Å². The quantitative estimate of drug-likeness (QED) is 0.426. The molecule has 2 rings (SSSR count). The van der Waals surface area contributed by atoms with E-state index < -0.39 is 0 Å². The highest BCUT2D eigenvalue weighted by atomic mass is 16.6. The van der Waals surface area contributed by atoms with Gasteiger partial charge in [-0.25, -0.2) is 0 Å². The Morgan fingerprint density at radius 3 is 3.12 bits per heavy atom. The van der Waals surface area contributed by atoms with Crippen LogP contribution in [0, 0.1) is 0 Å². The van der Waals surface area contributed by atoms with Crippen LogP contribution < -0.4 is 0 Å². The summed E-state index contributed by atoms with van der Waals surface area (Å²) >= 11 is 0. The lowest BCUT2D eigenvalue weighted by Gasteiger charge is -1.93. The number of allylic oxidation sites excluding steroid dienone is 2. The van der Waals surface area contributed by atoms with Gasteiger partial charge in [0.15, 0.2) is 0 Å². The van der Waals surface area contributed by atoms with Gasteiger partial charge in [0.2, 0.25) is 0 Å². The highest BCUT2D eigenvalue weighted by Gasteiger charge is 2.38. The van der Waals surface area contributed by atoms with Crippen molar-refractivity contribution in [3.05, 3.63) is 23.8 Å². The van der Waals surface area contributed by atoms with Crippen LogP contribution >= 0.6 is 0 Å². The topological polar surface area (TPSA) is 12.5 Å². The predicted molar refractivity (Wildman–Crippen MR) is 31.6 cm³/mol. The number of ether oxygens (including phenoxy) is 1. The van der Waals surface area contributed by atoms with Crippen molar-refractivity contribution in [2.45, 2.75) is 19.1 Å². The maximum absolute atomic E-state index is 5.23. The van der Waals surface area contributed by atoms with Gasteiger partial charge in [0.25, 0.3) is 0 Å². The molecule has 1 heterocycles. The third kappa shape index (κ3) is 0.450. The van der Waals surface area contributed by atoms with Crippen LogP contribution in [0.3, 0.4) is 0 Å². The van der Waals surface area contributed by atoms with E-state index in [4.69, 9.17) is 4.74 Å². The third-order valence-corrected chi connectivity index (χ3v) is 1.63. The second kappa shape index (κ2) is 1.23. The average molecular weight is 108 g/mol. The van der Waals surface area contributed by atoms with Gasteiger partial charge in [-0.3, -0.25) is 0 Å². The van der Waals surface area contributed by atoms with Gasteiger partial charge in [0.1, 0.15) is 12.2 Å². The summed E-state index contributed by atoms with van der Waals surface area (Å²) in [6.07, 6.45) is 7.13. The molecule has 1 heteroatoms. The van der Waals surface area contributed by atoms with E-state index in [2.05, 4.69) is 25.2 Å². The van der Waals surface area contributed by atoms with Crippen molar-refractivity contribution in [2.24, 2.45) is 0 Å². The van der Waals surface area contributed by atoms with Crippen molar-refractivity contribution in [1.82, 2.24) is 0 Å². The molecule has 8 heavy (non-hydrogen) atoms.